The molecule has 0 aliphatic carbocycles. The van der Waals surface area contributed by atoms with Crippen molar-refractivity contribution < 1.29 is 9.63 Å². The molecule has 0 saturated heterocycles. The molecule has 0 aromatic carbocycles. The van der Waals surface area contributed by atoms with Crippen molar-refractivity contribution in [2.75, 3.05) is 0 Å². The Labute approximate surface area is 66.4 Å². The van der Waals surface area contributed by atoms with Gasteiger partial charge in [-0.3, -0.25) is 4.79 Å². The number of carbonyl (C=O) groups is 1. The van der Waals surface area contributed by atoms with Crippen LogP contribution >= 0.6 is 0 Å². The minimum absolute atomic E-state index is 0.0162. The Balaban J connectivity index is 2.26. The van der Waals surface area contributed by atoms with E-state index in [4.69, 9.17) is 4.84 Å². The van der Waals surface area contributed by atoms with Gasteiger partial charge >= 0.3 is 0 Å². The molecule has 0 radical (unpaired) electrons. The molecule has 0 saturated carbocycles. The smallest absolute Gasteiger partial charge is 0.139 e. The van der Waals surface area contributed by atoms with Gasteiger partial charge in [-0.25, -0.2) is 0 Å². The van der Waals surface area contributed by atoms with Crippen molar-refractivity contribution in [3.05, 3.63) is 0 Å². The summed E-state index contributed by atoms with van der Waals surface area (Å²) in [6, 6.07) is 0. The minimum Gasteiger partial charge on any atom is -0.392 e. The van der Waals surface area contributed by atoms with Gasteiger partial charge in [-0.1, -0.05) is 12.1 Å². The summed E-state index contributed by atoms with van der Waals surface area (Å²) in [6.45, 7) is 3.78. The summed E-state index contributed by atoms with van der Waals surface area (Å²) in [4.78, 5) is 15.9. The van der Waals surface area contributed by atoms with Gasteiger partial charge in [-0.05, 0) is 6.92 Å². The van der Waals surface area contributed by atoms with Crippen LogP contribution in [0.25, 0.3) is 0 Å². The lowest BCUT2D eigenvalue weighted by Crippen LogP contribution is -2.12. The van der Waals surface area contributed by atoms with E-state index < -0.39 is 0 Å². The maximum Gasteiger partial charge on any atom is 0.139 e. The first-order chi connectivity index (χ1) is 5.22. The van der Waals surface area contributed by atoms with Crippen LogP contribution in [0.3, 0.4) is 0 Å². The van der Waals surface area contributed by atoms with Crippen LogP contribution < -0.4 is 0 Å². The number of hydrogen-bond donors (Lipinski definition) is 0. The maximum absolute atomic E-state index is 10.9. The molecule has 0 aromatic heterocycles. The Hall–Kier alpha value is -0.860. The Morgan fingerprint density at radius 3 is 3.00 bits per heavy atom. The highest BCUT2D eigenvalue weighted by Crippen LogP contribution is 2.14. The second-order valence-electron chi connectivity index (χ2n) is 2.85. The van der Waals surface area contributed by atoms with Gasteiger partial charge < -0.3 is 4.84 Å². The largest absolute Gasteiger partial charge is 0.392 e. The first-order valence-corrected chi connectivity index (χ1v) is 3.93. The van der Waals surface area contributed by atoms with E-state index in [0.717, 1.165) is 12.1 Å². The summed E-state index contributed by atoms with van der Waals surface area (Å²) in [6.07, 6.45) is 1.93. The summed E-state index contributed by atoms with van der Waals surface area (Å²) in [5.41, 5.74) is 0.985. The molecule has 0 N–H and O–H groups in total. The highest BCUT2D eigenvalue weighted by atomic mass is 16.6. The Kier molecular flexibility index (Phi) is 2.63. The van der Waals surface area contributed by atoms with Gasteiger partial charge in [0.05, 0.1) is 5.71 Å². The number of Topliss-reactive ketones (excluding diaryl/α,β-unsaturated/α-hetero) is 1. The summed E-state index contributed by atoms with van der Waals surface area (Å²) in [5.74, 6) is 0.250. The van der Waals surface area contributed by atoms with Crippen molar-refractivity contribution in [3.8, 4) is 0 Å². The van der Waals surface area contributed by atoms with Crippen LogP contribution in [-0.4, -0.2) is 17.6 Å². The lowest BCUT2D eigenvalue weighted by Gasteiger charge is -2.04. The molecule has 1 atom stereocenters. The second-order valence-corrected chi connectivity index (χ2v) is 2.85. The van der Waals surface area contributed by atoms with Gasteiger partial charge in [0.25, 0.3) is 0 Å². The van der Waals surface area contributed by atoms with Crippen molar-refractivity contribution in [1.29, 1.82) is 0 Å². The molecule has 1 unspecified atom stereocenters. The lowest BCUT2D eigenvalue weighted by atomic mass is 10.1. The normalized spacial score (nSPS) is 22.7. The number of hydrogen-bond acceptors (Lipinski definition) is 3. The van der Waals surface area contributed by atoms with E-state index in [9.17, 15) is 4.79 Å². The number of oxime groups is 1. The fourth-order valence-electron chi connectivity index (χ4n) is 1.08. The van der Waals surface area contributed by atoms with Crippen LogP contribution in [0.4, 0.5) is 0 Å². The molecule has 0 bridgehead atoms. The zero-order valence-electron chi connectivity index (χ0n) is 6.96. The summed E-state index contributed by atoms with van der Waals surface area (Å²) in [5, 5.41) is 3.77. The van der Waals surface area contributed by atoms with E-state index in [1.807, 2.05) is 13.8 Å². The van der Waals surface area contributed by atoms with Crippen molar-refractivity contribution >= 4 is 11.5 Å². The predicted octanol–water partition coefficient (Wildman–Crippen LogP) is 1.52. The van der Waals surface area contributed by atoms with Crippen molar-refractivity contribution in [2.24, 2.45) is 5.16 Å². The van der Waals surface area contributed by atoms with Crippen LogP contribution in [0, 0.1) is 0 Å². The van der Waals surface area contributed by atoms with Crippen LogP contribution in [0.5, 0.6) is 0 Å². The van der Waals surface area contributed by atoms with E-state index in [2.05, 4.69) is 5.16 Å². The van der Waals surface area contributed by atoms with Crippen LogP contribution in [0.1, 0.15) is 33.1 Å². The SMILES string of the molecule is CCC(=O)CC1CC(C)=NO1. The molecule has 0 aromatic rings. The average Bonchev–Trinajstić information content (AvgIpc) is 2.35. The second kappa shape index (κ2) is 3.51. The zero-order chi connectivity index (χ0) is 8.27. The zero-order valence-corrected chi connectivity index (χ0v) is 6.96. The van der Waals surface area contributed by atoms with Gasteiger partial charge in [0.1, 0.15) is 11.9 Å². The minimum atomic E-state index is 0.0162. The third-order valence-corrected chi connectivity index (χ3v) is 1.73. The van der Waals surface area contributed by atoms with Gasteiger partial charge in [0.2, 0.25) is 0 Å². The first kappa shape index (κ1) is 8.24. The fourth-order valence-corrected chi connectivity index (χ4v) is 1.08. The quantitative estimate of drug-likeness (QED) is 0.619. The van der Waals surface area contributed by atoms with Crippen LogP contribution in [-0.2, 0) is 9.63 Å². The molecule has 1 aliphatic rings. The van der Waals surface area contributed by atoms with Gasteiger partial charge in [0.15, 0.2) is 0 Å². The Morgan fingerprint density at radius 2 is 2.55 bits per heavy atom. The van der Waals surface area contributed by atoms with Crippen molar-refractivity contribution in [3.63, 3.8) is 0 Å². The predicted molar refractivity (Wildman–Crippen MR) is 42.5 cm³/mol. The molecule has 3 heteroatoms. The molecule has 3 nitrogen and oxygen atoms in total. The van der Waals surface area contributed by atoms with Crippen molar-refractivity contribution in [1.82, 2.24) is 0 Å². The van der Waals surface area contributed by atoms with Gasteiger partial charge in [0, 0.05) is 19.3 Å². The topological polar surface area (TPSA) is 38.7 Å². The van der Waals surface area contributed by atoms with Crippen LogP contribution in [0.15, 0.2) is 5.16 Å². The fraction of sp³-hybridized carbons (Fsp3) is 0.750. The maximum atomic E-state index is 10.9. The lowest BCUT2D eigenvalue weighted by molar-refractivity contribution is -0.121. The van der Waals surface area contributed by atoms with Crippen LogP contribution in [0.2, 0.25) is 0 Å². The standard InChI is InChI=1S/C8H13NO2/c1-3-7(10)5-8-4-6(2)9-11-8/h8H,3-5H2,1-2H3. The van der Waals surface area contributed by atoms with E-state index in [0.29, 0.717) is 12.8 Å². The third-order valence-electron chi connectivity index (χ3n) is 1.73. The molecule has 0 spiro atoms. The number of nitrogens with zero attached hydrogens (tertiary/aromatic N) is 1. The molecule has 0 amide bonds. The molecular formula is C8H13NO2. The highest BCUT2D eigenvalue weighted by molar-refractivity contribution is 5.84. The Morgan fingerprint density at radius 1 is 1.82 bits per heavy atom. The van der Waals surface area contributed by atoms with Gasteiger partial charge in [-0.15, -0.1) is 0 Å². The summed E-state index contributed by atoms with van der Waals surface area (Å²) >= 11 is 0. The number of ketones is 1. The first-order valence-electron chi connectivity index (χ1n) is 3.93. The van der Waals surface area contributed by atoms with Gasteiger partial charge in [-0.2, -0.15) is 0 Å². The number of rotatable bonds is 3. The molecule has 11 heavy (non-hydrogen) atoms. The monoisotopic (exact) mass is 155 g/mol. The highest BCUT2D eigenvalue weighted by Gasteiger charge is 2.20. The Bertz CT molecular complexity index is 187. The third kappa shape index (κ3) is 2.33. The van der Waals surface area contributed by atoms with E-state index in [1.54, 1.807) is 0 Å². The van der Waals surface area contributed by atoms with E-state index in [-0.39, 0.29) is 11.9 Å². The summed E-state index contributed by atoms with van der Waals surface area (Å²) < 4.78 is 0. The number of carbonyl (C=O) groups excluding carboxylic acids is 1. The molecule has 0 fully saturated rings. The molecule has 1 aliphatic heterocycles. The molecule has 1 rings (SSSR count). The molecule has 1 heterocycles. The van der Waals surface area contributed by atoms with E-state index in [1.165, 1.54) is 0 Å². The average molecular weight is 155 g/mol. The summed E-state index contributed by atoms with van der Waals surface area (Å²) in [7, 11) is 0. The van der Waals surface area contributed by atoms with Crippen molar-refractivity contribution in [2.45, 2.75) is 39.2 Å². The molecular weight excluding hydrogens is 142 g/mol. The molecule has 62 valence electrons. The van der Waals surface area contributed by atoms with E-state index >= 15 is 0 Å².